The van der Waals surface area contributed by atoms with E-state index in [9.17, 15) is 4.79 Å². The Morgan fingerprint density at radius 3 is 2.81 bits per heavy atom. The zero-order chi connectivity index (χ0) is 18.6. The van der Waals surface area contributed by atoms with Gasteiger partial charge in [0.05, 0.1) is 37.2 Å². The number of rotatable bonds is 5. The van der Waals surface area contributed by atoms with Crippen molar-refractivity contribution in [3.05, 3.63) is 59.9 Å². The van der Waals surface area contributed by atoms with Crippen LogP contribution in [-0.2, 0) is 11.3 Å². The standard InChI is InChI=1S/C21H24N4O2/c1-16-6-7-17-4-2-3-5-19(17)20(16)23-21(26)18-14-22-25(15-18)9-8-24-10-12-27-13-11-24/h2-7,14-15H,8-13H2,1H3,(H,23,26). The van der Waals surface area contributed by atoms with Crippen LogP contribution in [0.1, 0.15) is 15.9 Å². The summed E-state index contributed by atoms with van der Waals surface area (Å²) in [5, 5.41) is 9.57. The summed E-state index contributed by atoms with van der Waals surface area (Å²) in [6.07, 6.45) is 3.45. The first-order valence-corrected chi connectivity index (χ1v) is 9.33. The van der Waals surface area contributed by atoms with Crippen LogP contribution in [0.3, 0.4) is 0 Å². The fraction of sp³-hybridized carbons (Fsp3) is 0.333. The Bertz CT molecular complexity index is 944. The lowest BCUT2D eigenvalue weighted by Crippen LogP contribution is -2.38. The molecule has 4 rings (SSSR count). The smallest absolute Gasteiger partial charge is 0.258 e. The summed E-state index contributed by atoms with van der Waals surface area (Å²) in [5.41, 5.74) is 2.48. The number of aromatic nitrogens is 2. The van der Waals surface area contributed by atoms with Gasteiger partial charge >= 0.3 is 0 Å². The number of fused-ring (bicyclic) bond motifs is 1. The van der Waals surface area contributed by atoms with Gasteiger partial charge in [-0.3, -0.25) is 14.4 Å². The fourth-order valence-electron chi connectivity index (χ4n) is 3.40. The first kappa shape index (κ1) is 17.7. The normalized spacial score (nSPS) is 15.1. The second-order valence-electron chi connectivity index (χ2n) is 6.88. The Balaban J connectivity index is 1.45. The monoisotopic (exact) mass is 364 g/mol. The highest BCUT2D eigenvalue weighted by Gasteiger charge is 2.14. The molecule has 0 unspecified atom stereocenters. The number of ether oxygens (including phenoxy) is 1. The number of carbonyl (C=O) groups is 1. The van der Waals surface area contributed by atoms with Crippen molar-refractivity contribution in [2.24, 2.45) is 0 Å². The second-order valence-corrected chi connectivity index (χ2v) is 6.88. The molecule has 0 atom stereocenters. The summed E-state index contributed by atoms with van der Waals surface area (Å²) in [7, 11) is 0. The number of carbonyl (C=O) groups excluding carboxylic acids is 1. The minimum Gasteiger partial charge on any atom is -0.379 e. The maximum Gasteiger partial charge on any atom is 0.258 e. The average molecular weight is 364 g/mol. The van der Waals surface area contributed by atoms with Gasteiger partial charge in [-0.1, -0.05) is 36.4 Å². The second kappa shape index (κ2) is 7.90. The van der Waals surface area contributed by atoms with Crippen LogP contribution >= 0.6 is 0 Å². The molecule has 1 aromatic heterocycles. The predicted octanol–water partition coefficient (Wildman–Crippen LogP) is 2.93. The zero-order valence-corrected chi connectivity index (χ0v) is 15.5. The van der Waals surface area contributed by atoms with Gasteiger partial charge in [-0.15, -0.1) is 0 Å². The van der Waals surface area contributed by atoms with E-state index < -0.39 is 0 Å². The molecule has 1 N–H and O–H groups in total. The molecule has 2 aromatic carbocycles. The van der Waals surface area contributed by atoms with E-state index in [-0.39, 0.29) is 5.91 Å². The molecule has 1 aliphatic heterocycles. The van der Waals surface area contributed by atoms with Crippen LogP contribution in [0, 0.1) is 6.92 Å². The third-order valence-corrected chi connectivity index (χ3v) is 5.02. The van der Waals surface area contributed by atoms with Crippen molar-refractivity contribution in [3.63, 3.8) is 0 Å². The molecule has 1 saturated heterocycles. The van der Waals surface area contributed by atoms with Crippen LogP contribution in [0.4, 0.5) is 5.69 Å². The van der Waals surface area contributed by atoms with Crippen LogP contribution in [0.15, 0.2) is 48.8 Å². The van der Waals surface area contributed by atoms with Crippen molar-refractivity contribution in [1.82, 2.24) is 14.7 Å². The van der Waals surface area contributed by atoms with E-state index in [1.165, 1.54) is 0 Å². The average Bonchev–Trinajstić information content (AvgIpc) is 3.18. The SMILES string of the molecule is Cc1ccc2ccccc2c1NC(=O)c1cnn(CCN2CCOCC2)c1. The molecule has 0 bridgehead atoms. The van der Waals surface area contributed by atoms with Crippen molar-refractivity contribution >= 4 is 22.4 Å². The molecule has 140 valence electrons. The van der Waals surface area contributed by atoms with E-state index >= 15 is 0 Å². The number of hydrogen-bond donors (Lipinski definition) is 1. The molecule has 2 heterocycles. The minimum atomic E-state index is -0.132. The molecule has 1 aliphatic rings. The van der Waals surface area contributed by atoms with Gasteiger partial charge in [0.1, 0.15) is 0 Å². The largest absolute Gasteiger partial charge is 0.379 e. The number of amides is 1. The Kier molecular flexibility index (Phi) is 5.18. The van der Waals surface area contributed by atoms with Crippen molar-refractivity contribution < 1.29 is 9.53 Å². The lowest BCUT2D eigenvalue weighted by molar-refractivity contribution is 0.0360. The topological polar surface area (TPSA) is 59.4 Å². The van der Waals surface area contributed by atoms with Crippen molar-refractivity contribution in [1.29, 1.82) is 0 Å². The van der Waals surface area contributed by atoms with Gasteiger partial charge in [0.25, 0.3) is 5.91 Å². The van der Waals surface area contributed by atoms with Crippen molar-refractivity contribution in [2.45, 2.75) is 13.5 Å². The molecule has 0 aliphatic carbocycles. The maximum absolute atomic E-state index is 12.7. The van der Waals surface area contributed by atoms with Crippen LogP contribution in [0.25, 0.3) is 10.8 Å². The summed E-state index contributed by atoms with van der Waals surface area (Å²) in [6.45, 7) is 7.17. The Morgan fingerprint density at radius 2 is 1.96 bits per heavy atom. The maximum atomic E-state index is 12.7. The fourth-order valence-corrected chi connectivity index (χ4v) is 3.40. The third kappa shape index (κ3) is 4.02. The lowest BCUT2D eigenvalue weighted by Gasteiger charge is -2.26. The zero-order valence-electron chi connectivity index (χ0n) is 15.5. The summed E-state index contributed by atoms with van der Waals surface area (Å²) in [4.78, 5) is 15.1. The molecular formula is C21H24N4O2. The summed E-state index contributed by atoms with van der Waals surface area (Å²) in [6, 6.07) is 12.2. The molecule has 1 fully saturated rings. The van der Waals surface area contributed by atoms with Gasteiger partial charge in [0.15, 0.2) is 0 Å². The Morgan fingerprint density at radius 1 is 1.15 bits per heavy atom. The summed E-state index contributed by atoms with van der Waals surface area (Å²) in [5.74, 6) is -0.132. The Labute approximate surface area is 158 Å². The van der Waals surface area contributed by atoms with Gasteiger partial charge < -0.3 is 10.1 Å². The van der Waals surface area contributed by atoms with Crippen LogP contribution in [-0.4, -0.2) is 53.4 Å². The van der Waals surface area contributed by atoms with Crippen molar-refractivity contribution in [3.8, 4) is 0 Å². The number of aryl methyl sites for hydroxylation is 1. The first-order chi connectivity index (χ1) is 13.2. The minimum absolute atomic E-state index is 0.132. The van der Waals surface area contributed by atoms with E-state index in [1.54, 1.807) is 6.20 Å². The molecule has 0 spiro atoms. The highest BCUT2D eigenvalue weighted by molar-refractivity contribution is 6.09. The number of morpholine rings is 1. The summed E-state index contributed by atoms with van der Waals surface area (Å²) >= 11 is 0. The number of anilines is 1. The number of nitrogens with one attached hydrogen (secondary N) is 1. The van der Waals surface area contributed by atoms with Gasteiger partial charge in [-0.25, -0.2) is 0 Å². The highest BCUT2D eigenvalue weighted by atomic mass is 16.5. The van der Waals surface area contributed by atoms with Gasteiger partial charge in [-0.05, 0) is 17.9 Å². The first-order valence-electron chi connectivity index (χ1n) is 9.33. The van der Waals surface area contributed by atoms with Gasteiger partial charge in [0.2, 0.25) is 0 Å². The molecule has 1 amide bonds. The van der Waals surface area contributed by atoms with E-state index in [4.69, 9.17) is 4.74 Å². The molecular weight excluding hydrogens is 340 g/mol. The van der Waals surface area contributed by atoms with E-state index in [0.29, 0.717) is 5.56 Å². The van der Waals surface area contributed by atoms with E-state index in [0.717, 1.165) is 61.4 Å². The number of hydrogen-bond acceptors (Lipinski definition) is 4. The van der Waals surface area contributed by atoms with Crippen LogP contribution in [0.2, 0.25) is 0 Å². The van der Waals surface area contributed by atoms with E-state index in [2.05, 4.69) is 21.4 Å². The predicted molar refractivity (Wildman–Crippen MR) is 106 cm³/mol. The quantitative estimate of drug-likeness (QED) is 0.756. The molecule has 3 aromatic rings. The molecule has 0 radical (unpaired) electrons. The summed E-state index contributed by atoms with van der Waals surface area (Å²) < 4.78 is 7.20. The molecule has 6 heteroatoms. The lowest BCUT2D eigenvalue weighted by atomic mass is 10.0. The van der Waals surface area contributed by atoms with Gasteiger partial charge in [-0.2, -0.15) is 5.10 Å². The number of nitrogens with zero attached hydrogens (tertiary/aromatic N) is 3. The van der Waals surface area contributed by atoms with Crippen LogP contribution in [0.5, 0.6) is 0 Å². The highest BCUT2D eigenvalue weighted by Crippen LogP contribution is 2.27. The number of benzene rings is 2. The Hall–Kier alpha value is -2.70. The van der Waals surface area contributed by atoms with Crippen molar-refractivity contribution in [2.75, 3.05) is 38.2 Å². The third-order valence-electron chi connectivity index (χ3n) is 5.02. The molecule has 27 heavy (non-hydrogen) atoms. The van der Waals surface area contributed by atoms with E-state index in [1.807, 2.05) is 48.1 Å². The molecule has 6 nitrogen and oxygen atoms in total. The van der Waals surface area contributed by atoms with Crippen LogP contribution < -0.4 is 5.32 Å². The molecule has 0 saturated carbocycles. The van der Waals surface area contributed by atoms with Gasteiger partial charge in [0, 0.05) is 31.2 Å².